The minimum atomic E-state index is 0.235. The smallest absolute Gasteiger partial charge is 0.194 e. The van der Waals surface area contributed by atoms with Gasteiger partial charge in [-0.15, -0.1) is 0 Å². The summed E-state index contributed by atoms with van der Waals surface area (Å²) in [4.78, 5) is 20.2. The summed E-state index contributed by atoms with van der Waals surface area (Å²) in [5.41, 5.74) is 0.802. The molecule has 0 radical (unpaired) electrons. The Balaban J connectivity index is 3.14. The van der Waals surface area contributed by atoms with Crippen LogP contribution in [0, 0.1) is 6.92 Å². The van der Waals surface area contributed by atoms with Gasteiger partial charge < -0.3 is 4.90 Å². The Hall–Kier alpha value is -1.45. The maximum atomic E-state index is 10.4. The van der Waals surface area contributed by atoms with Crippen LogP contribution >= 0.6 is 0 Å². The summed E-state index contributed by atoms with van der Waals surface area (Å²) in [5, 5.41) is 0. The van der Waals surface area contributed by atoms with Crippen LogP contribution in [-0.4, -0.2) is 30.3 Å². The van der Waals surface area contributed by atoms with Gasteiger partial charge in [-0.1, -0.05) is 0 Å². The van der Waals surface area contributed by atoms with E-state index in [1.165, 1.54) is 0 Å². The fraction of sp³-hybridized carbons (Fsp3) is 0.375. The lowest BCUT2D eigenvalue weighted by Crippen LogP contribution is -2.12. The maximum Gasteiger partial charge on any atom is 0.194 e. The summed E-state index contributed by atoms with van der Waals surface area (Å²) in [6, 6.07) is 1.83. The van der Waals surface area contributed by atoms with Crippen molar-refractivity contribution in [1.29, 1.82) is 0 Å². The molecule has 1 aromatic heterocycles. The molecular formula is C8H11N3O. The van der Waals surface area contributed by atoms with E-state index in [1.807, 2.05) is 32.0 Å². The molecule has 0 saturated heterocycles. The van der Waals surface area contributed by atoms with Crippen molar-refractivity contribution in [2.24, 2.45) is 0 Å². The first-order valence-corrected chi connectivity index (χ1v) is 3.61. The Morgan fingerprint density at radius 1 is 1.42 bits per heavy atom. The number of rotatable bonds is 2. The van der Waals surface area contributed by atoms with Gasteiger partial charge in [0.05, 0.1) is 0 Å². The largest absolute Gasteiger partial charge is 0.363 e. The predicted octanol–water partition coefficient (Wildman–Crippen LogP) is 0.664. The van der Waals surface area contributed by atoms with Gasteiger partial charge in [-0.2, -0.15) is 0 Å². The van der Waals surface area contributed by atoms with E-state index in [0.717, 1.165) is 11.5 Å². The van der Waals surface area contributed by atoms with Gasteiger partial charge in [0.2, 0.25) is 0 Å². The molecule has 0 aliphatic heterocycles. The van der Waals surface area contributed by atoms with Gasteiger partial charge in [-0.3, -0.25) is 4.79 Å². The third-order valence-corrected chi connectivity index (χ3v) is 1.42. The van der Waals surface area contributed by atoms with E-state index in [-0.39, 0.29) is 5.82 Å². The van der Waals surface area contributed by atoms with E-state index in [9.17, 15) is 4.79 Å². The molecule has 0 aliphatic carbocycles. The maximum absolute atomic E-state index is 10.4. The SMILES string of the molecule is Cc1cc(N(C)C)nc(C=O)n1. The van der Waals surface area contributed by atoms with Gasteiger partial charge in [0.1, 0.15) is 5.82 Å². The van der Waals surface area contributed by atoms with Gasteiger partial charge in [-0.25, -0.2) is 9.97 Å². The van der Waals surface area contributed by atoms with Crippen molar-refractivity contribution in [3.05, 3.63) is 17.6 Å². The van der Waals surface area contributed by atoms with Crippen molar-refractivity contribution in [2.75, 3.05) is 19.0 Å². The highest BCUT2D eigenvalue weighted by atomic mass is 16.1. The Morgan fingerprint density at radius 2 is 2.08 bits per heavy atom. The van der Waals surface area contributed by atoms with Crippen molar-refractivity contribution in [3.8, 4) is 0 Å². The van der Waals surface area contributed by atoms with E-state index in [0.29, 0.717) is 6.29 Å². The average molecular weight is 165 g/mol. The third kappa shape index (κ3) is 1.78. The van der Waals surface area contributed by atoms with Crippen molar-refractivity contribution < 1.29 is 4.79 Å². The number of aromatic nitrogens is 2. The first-order valence-electron chi connectivity index (χ1n) is 3.61. The topological polar surface area (TPSA) is 46.1 Å². The van der Waals surface area contributed by atoms with Crippen molar-refractivity contribution in [2.45, 2.75) is 6.92 Å². The molecule has 0 amide bonds. The van der Waals surface area contributed by atoms with Gasteiger partial charge in [0.25, 0.3) is 0 Å². The predicted molar refractivity (Wildman–Crippen MR) is 46.5 cm³/mol. The monoisotopic (exact) mass is 165 g/mol. The van der Waals surface area contributed by atoms with Gasteiger partial charge >= 0.3 is 0 Å². The third-order valence-electron chi connectivity index (χ3n) is 1.42. The zero-order chi connectivity index (χ0) is 9.14. The van der Waals surface area contributed by atoms with Crippen LogP contribution in [0.15, 0.2) is 6.07 Å². The summed E-state index contributed by atoms with van der Waals surface area (Å²) in [7, 11) is 3.74. The fourth-order valence-electron chi connectivity index (χ4n) is 0.856. The quantitative estimate of drug-likeness (QED) is 0.604. The normalized spacial score (nSPS) is 9.58. The summed E-state index contributed by atoms with van der Waals surface area (Å²) < 4.78 is 0. The molecule has 1 heterocycles. The number of carbonyl (C=O) groups is 1. The number of anilines is 1. The van der Waals surface area contributed by atoms with Crippen LogP contribution in [0.5, 0.6) is 0 Å². The number of nitrogens with zero attached hydrogens (tertiary/aromatic N) is 3. The molecule has 0 aliphatic rings. The molecule has 12 heavy (non-hydrogen) atoms. The number of aldehydes is 1. The Morgan fingerprint density at radius 3 is 2.58 bits per heavy atom. The lowest BCUT2D eigenvalue weighted by Gasteiger charge is -2.11. The number of carbonyl (C=O) groups excluding carboxylic acids is 1. The number of aryl methyl sites for hydroxylation is 1. The first kappa shape index (κ1) is 8.64. The van der Waals surface area contributed by atoms with Gasteiger partial charge in [-0.05, 0) is 6.92 Å². The molecule has 0 unspecified atom stereocenters. The molecule has 0 bridgehead atoms. The van der Waals surface area contributed by atoms with Crippen LogP contribution in [0.2, 0.25) is 0 Å². The van der Waals surface area contributed by atoms with E-state index < -0.39 is 0 Å². The van der Waals surface area contributed by atoms with Crippen LogP contribution < -0.4 is 4.90 Å². The molecule has 0 aromatic carbocycles. The molecule has 0 N–H and O–H groups in total. The van der Waals surface area contributed by atoms with Crippen LogP contribution in [0.25, 0.3) is 0 Å². The second-order valence-electron chi connectivity index (χ2n) is 2.74. The molecular weight excluding hydrogens is 154 g/mol. The van der Waals surface area contributed by atoms with Gasteiger partial charge in [0, 0.05) is 25.9 Å². The van der Waals surface area contributed by atoms with Crippen LogP contribution in [0.4, 0.5) is 5.82 Å². The lowest BCUT2D eigenvalue weighted by molar-refractivity contribution is 0.111. The van der Waals surface area contributed by atoms with E-state index in [2.05, 4.69) is 9.97 Å². The number of hydrogen-bond acceptors (Lipinski definition) is 4. The van der Waals surface area contributed by atoms with Crippen molar-refractivity contribution in [3.63, 3.8) is 0 Å². The Labute approximate surface area is 71.3 Å². The summed E-state index contributed by atoms with van der Waals surface area (Å²) in [6.45, 7) is 1.84. The fourth-order valence-corrected chi connectivity index (χ4v) is 0.856. The van der Waals surface area contributed by atoms with Gasteiger partial charge in [0.15, 0.2) is 12.1 Å². The summed E-state index contributed by atoms with van der Waals surface area (Å²) in [6.07, 6.45) is 0.653. The van der Waals surface area contributed by atoms with Crippen molar-refractivity contribution in [1.82, 2.24) is 9.97 Å². The summed E-state index contributed by atoms with van der Waals surface area (Å²) >= 11 is 0. The highest BCUT2D eigenvalue weighted by molar-refractivity contribution is 5.69. The molecule has 64 valence electrons. The zero-order valence-corrected chi connectivity index (χ0v) is 7.40. The minimum Gasteiger partial charge on any atom is -0.363 e. The molecule has 1 aromatic rings. The standard InChI is InChI=1S/C8H11N3O/c1-6-4-8(11(2)3)10-7(5-12)9-6/h4-5H,1-3H3. The number of hydrogen-bond donors (Lipinski definition) is 0. The highest BCUT2D eigenvalue weighted by Crippen LogP contribution is 2.07. The second-order valence-corrected chi connectivity index (χ2v) is 2.74. The molecule has 0 fully saturated rings. The first-order chi connectivity index (χ1) is 5.63. The molecule has 4 nitrogen and oxygen atoms in total. The van der Waals surface area contributed by atoms with Crippen LogP contribution in [0.1, 0.15) is 16.3 Å². The van der Waals surface area contributed by atoms with Crippen LogP contribution in [-0.2, 0) is 0 Å². The molecule has 0 spiro atoms. The van der Waals surface area contributed by atoms with Crippen LogP contribution in [0.3, 0.4) is 0 Å². The molecule has 4 heteroatoms. The molecule has 0 atom stereocenters. The molecule has 0 saturated carbocycles. The van der Waals surface area contributed by atoms with E-state index in [4.69, 9.17) is 0 Å². The van der Waals surface area contributed by atoms with E-state index in [1.54, 1.807) is 0 Å². The highest BCUT2D eigenvalue weighted by Gasteiger charge is 2.01. The molecule has 1 rings (SSSR count). The minimum absolute atomic E-state index is 0.235. The van der Waals surface area contributed by atoms with Crippen molar-refractivity contribution >= 4 is 12.1 Å². The Bertz CT molecular complexity index is 296. The zero-order valence-electron chi connectivity index (χ0n) is 7.40. The summed E-state index contributed by atoms with van der Waals surface area (Å²) in [5.74, 6) is 0.989. The Kier molecular flexibility index (Phi) is 2.38. The second kappa shape index (κ2) is 3.30. The lowest BCUT2D eigenvalue weighted by atomic mass is 10.4. The van der Waals surface area contributed by atoms with E-state index >= 15 is 0 Å². The average Bonchev–Trinajstić information content (AvgIpc) is 2.03.